The Morgan fingerprint density at radius 2 is 2.00 bits per heavy atom. The van der Waals surface area contributed by atoms with Crippen molar-refractivity contribution in [3.05, 3.63) is 68.4 Å². The average molecular weight is 351 g/mol. The van der Waals surface area contributed by atoms with E-state index in [1.165, 1.54) is 12.3 Å². The molecule has 0 saturated heterocycles. The Kier molecular flexibility index (Phi) is 4.64. The van der Waals surface area contributed by atoms with Gasteiger partial charge in [0.25, 0.3) is 5.69 Å². The maximum atomic E-state index is 11.5. The monoisotopic (exact) mass is 350 g/mol. The fraction of sp³-hybridized carbons (Fsp3) is 0.143. The fourth-order valence-electron chi connectivity index (χ4n) is 2.03. The van der Waals surface area contributed by atoms with Crippen molar-refractivity contribution in [3.63, 3.8) is 0 Å². The first-order chi connectivity index (χ1) is 9.99. The molecule has 1 N–H and O–H groups in total. The number of nitrogens with zero attached hydrogens (tertiary/aromatic N) is 2. The topological polar surface area (TPSA) is 93.3 Å². The lowest BCUT2D eigenvalue weighted by Crippen LogP contribution is -2.16. The van der Waals surface area contributed by atoms with Gasteiger partial charge in [0.05, 0.1) is 10.8 Å². The molecule has 1 atom stereocenters. The third kappa shape index (κ3) is 3.63. The maximum absolute atomic E-state index is 11.5. The van der Waals surface area contributed by atoms with Crippen LogP contribution in [0.2, 0.25) is 0 Å². The summed E-state index contributed by atoms with van der Waals surface area (Å²) in [5.41, 5.74) is 0.671. The highest BCUT2D eigenvalue weighted by Gasteiger charge is 2.28. The molecule has 0 spiro atoms. The van der Waals surface area contributed by atoms with Gasteiger partial charge in [-0.15, -0.1) is 0 Å². The first-order valence-electron chi connectivity index (χ1n) is 6.04. The summed E-state index contributed by atoms with van der Waals surface area (Å²) in [6.45, 7) is 0. The highest BCUT2D eigenvalue weighted by molar-refractivity contribution is 9.10. The minimum Gasteiger partial charge on any atom is -0.481 e. The number of halogens is 1. The standard InChI is InChI=1S/C14H11BrN2O4/c15-10-3-1-9(2-4-10)7-12(14(18)19)11-5-6-16-8-13(11)17(20)21/h1-6,8,12H,7H2,(H,18,19). The zero-order chi connectivity index (χ0) is 15.4. The summed E-state index contributed by atoms with van der Waals surface area (Å²) in [4.78, 5) is 25.6. The van der Waals surface area contributed by atoms with Crippen LogP contribution in [-0.2, 0) is 11.2 Å². The Labute approximate surface area is 128 Å². The third-order valence-corrected chi connectivity index (χ3v) is 3.58. The van der Waals surface area contributed by atoms with Crippen molar-refractivity contribution in [2.45, 2.75) is 12.3 Å². The zero-order valence-corrected chi connectivity index (χ0v) is 12.4. The van der Waals surface area contributed by atoms with Gasteiger partial charge in [0, 0.05) is 16.2 Å². The normalized spacial score (nSPS) is 11.9. The molecule has 1 aromatic carbocycles. The highest BCUT2D eigenvalue weighted by atomic mass is 79.9. The predicted molar refractivity (Wildman–Crippen MR) is 79.1 cm³/mol. The van der Waals surface area contributed by atoms with E-state index < -0.39 is 16.8 Å². The van der Waals surface area contributed by atoms with E-state index in [1.807, 2.05) is 0 Å². The smallest absolute Gasteiger partial charge is 0.311 e. The van der Waals surface area contributed by atoms with Crippen LogP contribution in [0.4, 0.5) is 5.69 Å². The van der Waals surface area contributed by atoms with Crippen molar-refractivity contribution < 1.29 is 14.8 Å². The summed E-state index contributed by atoms with van der Waals surface area (Å²) in [7, 11) is 0. The minimum atomic E-state index is -1.10. The first-order valence-corrected chi connectivity index (χ1v) is 6.84. The van der Waals surface area contributed by atoms with E-state index in [0.29, 0.717) is 0 Å². The fourth-order valence-corrected chi connectivity index (χ4v) is 2.29. The maximum Gasteiger partial charge on any atom is 0.311 e. The molecule has 0 aliphatic rings. The van der Waals surface area contributed by atoms with Gasteiger partial charge >= 0.3 is 5.97 Å². The van der Waals surface area contributed by atoms with Gasteiger partial charge in [-0.25, -0.2) is 0 Å². The molecule has 2 rings (SSSR count). The number of carbonyl (C=O) groups is 1. The van der Waals surface area contributed by atoms with Crippen LogP contribution < -0.4 is 0 Å². The van der Waals surface area contributed by atoms with Gasteiger partial charge in [-0.2, -0.15) is 0 Å². The molecule has 21 heavy (non-hydrogen) atoms. The lowest BCUT2D eigenvalue weighted by molar-refractivity contribution is -0.386. The van der Waals surface area contributed by atoms with Crippen LogP contribution in [0, 0.1) is 10.1 Å². The van der Waals surface area contributed by atoms with Crippen LogP contribution in [0.25, 0.3) is 0 Å². The second-order valence-electron chi connectivity index (χ2n) is 4.41. The van der Waals surface area contributed by atoms with Gasteiger partial charge in [-0.3, -0.25) is 19.9 Å². The number of aromatic nitrogens is 1. The zero-order valence-electron chi connectivity index (χ0n) is 10.8. The molecule has 0 fully saturated rings. The van der Waals surface area contributed by atoms with Gasteiger partial charge in [0.15, 0.2) is 0 Å². The number of hydrogen-bond donors (Lipinski definition) is 1. The molecule has 2 aromatic rings. The second kappa shape index (κ2) is 6.45. The Morgan fingerprint density at radius 3 is 2.57 bits per heavy atom. The summed E-state index contributed by atoms with van der Waals surface area (Å²) in [6.07, 6.45) is 2.61. The molecule has 0 amide bonds. The van der Waals surface area contributed by atoms with Crippen LogP contribution >= 0.6 is 15.9 Å². The van der Waals surface area contributed by atoms with E-state index in [4.69, 9.17) is 0 Å². The van der Waals surface area contributed by atoms with E-state index in [9.17, 15) is 20.0 Å². The molecule has 6 nitrogen and oxygen atoms in total. The molecule has 0 bridgehead atoms. The van der Waals surface area contributed by atoms with E-state index in [0.717, 1.165) is 16.2 Å². The Balaban J connectivity index is 2.38. The number of pyridine rings is 1. The minimum absolute atomic E-state index is 0.158. The molecule has 0 aliphatic carbocycles. The molecule has 1 aromatic heterocycles. The van der Waals surface area contributed by atoms with Crippen LogP contribution in [-0.4, -0.2) is 21.0 Å². The van der Waals surface area contributed by atoms with Gasteiger partial charge < -0.3 is 5.11 Å². The number of nitro groups is 1. The van der Waals surface area contributed by atoms with E-state index in [2.05, 4.69) is 20.9 Å². The lowest BCUT2D eigenvalue weighted by Gasteiger charge is -2.13. The Morgan fingerprint density at radius 1 is 1.33 bits per heavy atom. The van der Waals surface area contributed by atoms with Crippen molar-refractivity contribution in [3.8, 4) is 0 Å². The summed E-state index contributed by atoms with van der Waals surface area (Å²) < 4.78 is 0.882. The molecule has 0 saturated carbocycles. The van der Waals surface area contributed by atoms with Crippen LogP contribution in [0.15, 0.2) is 47.2 Å². The van der Waals surface area contributed by atoms with Crippen molar-refractivity contribution >= 4 is 27.6 Å². The predicted octanol–water partition coefficient (Wildman–Crippen LogP) is 3.16. The molecular weight excluding hydrogens is 340 g/mol. The molecule has 108 valence electrons. The number of hydrogen-bond acceptors (Lipinski definition) is 4. The molecule has 0 aliphatic heterocycles. The second-order valence-corrected chi connectivity index (χ2v) is 5.33. The molecule has 7 heteroatoms. The SMILES string of the molecule is O=C(O)C(Cc1ccc(Br)cc1)c1ccncc1[N+](=O)[O-]. The molecule has 1 unspecified atom stereocenters. The van der Waals surface area contributed by atoms with Crippen molar-refractivity contribution in [2.75, 3.05) is 0 Å². The Bertz CT molecular complexity index is 673. The van der Waals surface area contributed by atoms with Gasteiger partial charge in [0.1, 0.15) is 6.20 Å². The van der Waals surface area contributed by atoms with E-state index in [-0.39, 0.29) is 17.7 Å². The van der Waals surface area contributed by atoms with Crippen molar-refractivity contribution in [2.24, 2.45) is 0 Å². The summed E-state index contributed by atoms with van der Waals surface area (Å²) in [6, 6.07) is 8.56. The van der Waals surface area contributed by atoms with Gasteiger partial charge in [-0.05, 0) is 30.2 Å². The first kappa shape index (κ1) is 15.1. The van der Waals surface area contributed by atoms with Crippen LogP contribution in [0.1, 0.15) is 17.0 Å². The van der Waals surface area contributed by atoms with E-state index in [1.54, 1.807) is 24.3 Å². The quantitative estimate of drug-likeness (QED) is 0.660. The summed E-state index contributed by atoms with van der Waals surface area (Å²) in [5, 5.41) is 20.4. The van der Waals surface area contributed by atoms with Crippen LogP contribution in [0.3, 0.4) is 0 Å². The molecule has 0 radical (unpaired) electrons. The molecule has 1 heterocycles. The Hall–Kier alpha value is -2.28. The summed E-state index contributed by atoms with van der Waals surface area (Å²) >= 11 is 3.30. The van der Waals surface area contributed by atoms with Crippen molar-refractivity contribution in [1.29, 1.82) is 0 Å². The highest BCUT2D eigenvalue weighted by Crippen LogP contribution is 2.29. The number of carboxylic acid groups (broad SMARTS) is 1. The number of rotatable bonds is 5. The van der Waals surface area contributed by atoms with E-state index >= 15 is 0 Å². The number of aliphatic carboxylic acids is 1. The molecular formula is C14H11BrN2O4. The average Bonchev–Trinajstić information content (AvgIpc) is 2.46. The van der Waals surface area contributed by atoms with Crippen LogP contribution in [0.5, 0.6) is 0 Å². The largest absolute Gasteiger partial charge is 0.481 e. The van der Waals surface area contributed by atoms with Crippen molar-refractivity contribution in [1.82, 2.24) is 4.98 Å². The summed E-state index contributed by atoms with van der Waals surface area (Å²) in [5.74, 6) is -2.10. The lowest BCUT2D eigenvalue weighted by atomic mass is 9.92. The third-order valence-electron chi connectivity index (χ3n) is 3.06. The van der Waals surface area contributed by atoms with Gasteiger partial charge in [0.2, 0.25) is 0 Å². The number of carboxylic acids is 1. The van der Waals surface area contributed by atoms with Gasteiger partial charge in [-0.1, -0.05) is 28.1 Å². The number of benzene rings is 1.